The number of aromatic nitrogens is 2. The summed E-state index contributed by atoms with van der Waals surface area (Å²) in [6.07, 6.45) is 7.41. The first-order chi connectivity index (χ1) is 8.43. The Morgan fingerprint density at radius 3 is 3.29 bits per heavy atom. The molecule has 2 aliphatic heterocycles. The van der Waals surface area contributed by atoms with Crippen LogP contribution < -0.4 is 5.32 Å². The largest absolute Gasteiger partial charge is 0.348 e. The highest BCUT2D eigenvalue weighted by molar-refractivity contribution is 6.21. The van der Waals surface area contributed by atoms with E-state index >= 15 is 0 Å². The molecule has 1 aromatic heterocycles. The third-order valence-corrected chi connectivity index (χ3v) is 2.54. The van der Waals surface area contributed by atoms with Gasteiger partial charge in [-0.15, -0.1) is 0 Å². The predicted molar refractivity (Wildman–Crippen MR) is 65.9 cm³/mol. The smallest absolute Gasteiger partial charge is 0.168 e. The molecule has 0 saturated carbocycles. The first kappa shape index (κ1) is 9.88. The number of imidazole rings is 1. The van der Waals surface area contributed by atoms with Crippen LogP contribution in [0.1, 0.15) is 5.69 Å². The standard InChI is InChI=1S/C10H11N7/c1(7-3-11-4-13-7)2-12-9-8-10(15-5-14-8)17-6-16-9/h3-6,8H,1-2H2,(H,11,13)(H,12,14,15,16,17). The average molecular weight is 229 g/mol. The number of H-pyrrole nitrogens is 1. The summed E-state index contributed by atoms with van der Waals surface area (Å²) in [6, 6.07) is -0.151. The number of fused-ring (bicyclic) bond motifs is 1. The van der Waals surface area contributed by atoms with Gasteiger partial charge in [0.15, 0.2) is 11.9 Å². The van der Waals surface area contributed by atoms with Gasteiger partial charge in [0.2, 0.25) is 0 Å². The van der Waals surface area contributed by atoms with E-state index in [0.29, 0.717) is 12.4 Å². The summed E-state index contributed by atoms with van der Waals surface area (Å²) in [5, 5.41) is 2.95. The van der Waals surface area contributed by atoms with Crippen molar-refractivity contribution in [3.8, 4) is 0 Å². The van der Waals surface area contributed by atoms with E-state index in [4.69, 9.17) is 0 Å². The van der Waals surface area contributed by atoms with Crippen LogP contribution in [0, 0.1) is 0 Å². The lowest BCUT2D eigenvalue weighted by molar-refractivity contribution is 0.918. The van der Waals surface area contributed by atoms with Gasteiger partial charge in [-0.2, -0.15) is 0 Å². The maximum Gasteiger partial charge on any atom is 0.168 e. The molecule has 0 spiro atoms. The van der Waals surface area contributed by atoms with Gasteiger partial charge < -0.3 is 10.3 Å². The molecule has 0 bridgehead atoms. The fraction of sp³-hybridized carbons (Fsp3) is 0.300. The zero-order valence-corrected chi connectivity index (χ0v) is 9.04. The Hall–Kier alpha value is -2.31. The molecule has 86 valence electrons. The number of rotatable bonds is 3. The molecule has 7 nitrogen and oxygen atoms in total. The predicted octanol–water partition coefficient (Wildman–Crippen LogP) is -0.209. The van der Waals surface area contributed by atoms with Crippen LogP contribution in [0.5, 0.6) is 0 Å². The molecule has 2 aliphatic rings. The monoisotopic (exact) mass is 229 g/mol. The Morgan fingerprint density at radius 2 is 2.41 bits per heavy atom. The van der Waals surface area contributed by atoms with Crippen molar-refractivity contribution in [3.63, 3.8) is 0 Å². The molecule has 0 aromatic carbocycles. The van der Waals surface area contributed by atoms with E-state index in [1.807, 2.05) is 0 Å². The molecular formula is C10H11N7. The topological polar surface area (TPSA) is 90.1 Å². The average Bonchev–Trinajstić information content (AvgIpc) is 2.99. The normalized spacial score (nSPS) is 23.6. The SMILES string of the molecule is C1=NC(=NCCc2cnc[nH]2)C2N=CN=C2N1. The highest BCUT2D eigenvalue weighted by Gasteiger charge is 2.25. The van der Waals surface area contributed by atoms with Gasteiger partial charge >= 0.3 is 0 Å². The molecule has 0 saturated heterocycles. The fourth-order valence-corrected chi connectivity index (χ4v) is 1.68. The summed E-state index contributed by atoms with van der Waals surface area (Å²) in [4.78, 5) is 23.9. The molecule has 2 N–H and O–H groups in total. The molecule has 1 unspecified atom stereocenters. The number of hydrogen-bond donors (Lipinski definition) is 2. The minimum atomic E-state index is -0.151. The van der Waals surface area contributed by atoms with Crippen molar-refractivity contribution < 1.29 is 0 Å². The van der Waals surface area contributed by atoms with E-state index in [2.05, 4.69) is 35.3 Å². The number of hydrogen-bond acceptors (Lipinski definition) is 5. The van der Waals surface area contributed by atoms with E-state index in [1.54, 1.807) is 18.9 Å². The van der Waals surface area contributed by atoms with Crippen LogP contribution in [0.3, 0.4) is 0 Å². The molecule has 3 rings (SSSR count). The van der Waals surface area contributed by atoms with Gasteiger partial charge in [0.25, 0.3) is 0 Å². The number of nitrogens with one attached hydrogen (secondary N) is 2. The third kappa shape index (κ3) is 1.99. The first-order valence-electron chi connectivity index (χ1n) is 5.33. The molecule has 0 amide bonds. The van der Waals surface area contributed by atoms with Crippen LogP contribution in [0.4, 0.5) is 0 Å². The van der Waals surface area contributed by atoms with Crippen molar-refractivity contribution in [3.05, 3.63) is 18.2 Å². The molecule has 0 fully saturated rings. The number of aromatic amines is 1. The summed E-state index contributed by atoms with van der Waals surface area (Å²) < 4.78 is 0. The highest BCUT2D eigenvalue weighted by Crippen LogP contribution is 2.07. The van der Waals surface area contributed by atoms with Crippen LogP contribution in [0.2, 0.25) is 0 Å². The second-order valence-corrected chi connectivity index (χ2v) is 3.65. The van der Waals surface area contributed by atoms with Crippen LogP contribution in [-0.2, 0) is 6.42 Å². The quantitative estimate of drug-likeness (QED) is 0.751. The van der Waals surface area contributed by atoms with Crippen LogP contribution in [-0.4, -0.2) is 46.9 Å². The molecule has 0 aliphatic carbocycles. The maximum absolute atomic E-state index is 4.44. The maximum atomic E-state index is 4.44. The van der Waals surface area contributed by atoms with Crippen molar-refractivity contribution in [1.82, 2.24) is 15.3 Å². The number of amidine groups is 2. The van der Waals surface area contributed by atoms with Crippen molar-refractivity contribution >= 4 is 24.3 Å². The molecule has 17 heavy (non-hydrogen) atoms. The number of aliphatic imine (C=N–C) groups is 4. The zero-order valence-electron chi connectivity index (χ0n) is 9.04. The molecule has 0 radical (unpaired) electrons. The summed E-state index contributed by atoms with van der Waals surface area (Å²) in [5.74, 6) is 1.50. The van der Waals surface area contributed by atoms with Crippen LogP contribution in [0.25, 0.3) is 0 Å². The third-order valence-electron chi connectivity index (χ3n) is 2.54. The van der Waals surface area contributed by atoms with E-state index in [9.17, 15) is 0 Å². The van der Waals surface area contributed by atoms with E-state index in [-0.39, 0.29) is 6.04 Å². The van der Waals surface area contributed by atoms with Crippen LogP contribution >= 0.6 is 0 Å². The minimum absolute atomic E-state index is 0.151. The van der Waals surface area contributed by atoms with Crippen molar-refractivity contribution in [2.24, 2.45) is 20.0 Å². The molecular weight excluding hydrogens is 218 g/mol. The van der Waals surface area contributed by atoms with E-state index in [0.717, 1.165) is 18.0 Å². The van der Waals surface area contributed by atoms with Crippen LogP contribution in [0.15, 0.2) is 32.5 Å². The Bertz CT molecular complexity index is 509. The lowest BCUT2D eigenvalue weighted by Crippen LogP contribution is -2.40. The Morgan fingerprint density at radius 1 is 1.41 bits per heavy atom. The summed E-state index contributed by atoms with van der Waals surface area (Å²) in [5.41, 5.74) is 1.07. The van der Waals surface area contributed by atoms with Gasteiger partial charge in [-0.25, -0.2) is 15.0 Å². The minimum Gasteiger partial charge on any atom is -0.348 e. The van der Waals surface area contributed by atoms with E-state index in [1.165, 1.54) is 6.34 Å². The van der Waals surface area contributed by atoms with Crippen molar-refractivity contribution in [1.29, 1.82) is 0 Å². The zero-order chi connectivity index (χ0) is 11.5. The lowest BCUT2D eigenvalue weighted by Gasteiger charge is -2.14. The molecule has 7 heteroatoms. The van der Waals surface area contributed by atoms with Gasteiger partial charge in [-0.05, 0) is 0 Å². The van der Waals surface area contributed by atoms with Gasteiger partial charge in [0.05, 0.1) is 12.7 Å². The summed E-state index contributed by atoms with van der Waals surface area (Å²) in [7, 11) is 0. The lowest BCUT2D eigenvalue weighted by atomic mass is 10.2. The summed E-state index contributed by atoms with van der Waals surface area (Å²) >= 11 is 0. The van der Waals surface area contributed by atoms with Gasteiger partial charge in [-0.1, -0.05) is 0 Å². The fourth-order valence-electron chi connectivity index (χ4n) is 1.68. The van der Waals surface area contributed by atoms with Crippen molar-refractivity contribution in [2.45, 2.75) is 12.5 Å². The number of nitrogens with zero attached hydrogens (tertiary/aromatic N) is 5. The molecule has 1 aromatic rings. The molecule has 1 atom stereocenters. The first-order valence-corrected chi connectivity index (χ1v) is 5.33. The Kier molecular flexibility index (Phi) is 2.49. The summed E-state index contributed by atoms with van der Waals surface area (Å²) in [6.45, 7) is 0.661. The van der Waals surface area contributed by atoms with Gasteiger partial charge in [-0.3, -0.25) is 9.98 Å². The van der Waals surface area contributed by atoms with Crippen molar-refractivity contribution in [2.75, 3.05) is 6.54 Å². The Labute approximate surface area is 97.5 Å². The second-order valence-electron chi connectivity index (χ2n) is 3.65. The van der Waals surface area contributed by atoms with Gasteiger partial charge in [0.1, 0.15) is 12.2 Å². The highest BCUT2D eigenvalue weighted by atomic mass is 15.2. The second kappa shape index (κ2) is 4.28. The Balaban J connectivity index is 1.67. The van der Waals surface area contributed by atoms with Gasteiger partial charge in [0, 0.05) is 24.9 Å². The molecule has 3 heterocycles. The van der Waals surface area contributed by atoms with E-state index < -0.39 is 0 Å².